The zero-order chi connectivity index (χ0) is 12.6. The van der Waals surface area contributed by atoms with Crippen LogP contribution in [0.25, 0.3) is 0 Å². The highest BCUT2D eigenvalue weighted by Crippen LogP contribution is 2.22. The SMILES string of the molecule is CC(C)OC(=O)CSCCCCC(F)(F)F. The Labute approximate surface area is 97.9 Å². The zero-order valence-corrected chi connectivity index (χ0v) is 10.3. The predicted molar refractivity (Wildman–Crippen MR) is 58.5 cm³/mol. The van der Waals surface area contributed by atoms with Crippen LogP contribution in [0.1, 0.15) is 33.1 Å². The molecular weight excluding hydrogens is 241 g/mol. The Kier molecular flexibility index (Phi) is 7.62. The van der Waals surface area contributed by atoms with E-state index in [-0.39, 0.29) is 24.2 Å². The van der Waals surface area contributed by atoms with Gasteiger partial charge in [0.2, 0.25) is 0 Å². The van der Waals surface area contributed by atoms with Crippen LogP contribution in [0, 0.1) is 0 Å². The minimum Gasteiger partial charge on any atom is -0.462 e. The van der Waals surface area contributed by atoms with Gasteiger partial charge in [0.1, 0.15) is 0 Å². The first kappa shape index (κ1) is 15.6. The molecule has 6 heteroatoms. The Morgan fingerprint density at radius 2 is 1.94 bits per heavy atom. The minimum atomic E-state index is -4.07. The van der Waals surface area contributed by atoms with Crippen LogP contribution >= 0.6 is 11.8 Å². The number of alkyl halides is 3. The molecule has 0 heterocycles. The molecule has 0 saturated carbocycles. The summed E-state index contributed by atoms with van der Waals surface area (Å²) in [5.41, 5.74) is 0. The van der Waals surface area contributed by atoms with Crippen molar-refractivity contribution in [2.45, 2.75) is 45.4 Å². The number of hydrogen-bond donors (Lipinski definition) is 0. The fourth-order valence-electron chi connectivity index (χ4n) is 0.982. The van der Waals surface area contributed by atoms with E-state index < -0.39 is 12.6 Å². The van der Waals surface area contributed by atoms with Crippen LogP contribution in [0.2, 0.25) is 0 Å². The fourth-order valence-corrected chi connectivity index (χ4v) is 1.77. The normalized spacial score (nSPS) is 11.9. The highest BCUT2D eigenvalue weighted by molar-refractivity contribution is 7.99. The van der Waals surface area contributed by atoms with Gasteiger partial charge in [0, 0.05) is 6.42 Å². The van der Waals surface area contributed by atoms with E-state index in [0.717, 1.165) is 0 Å². The maximum Gasteiger partial charge on any atom is 0.389 e. The van der Waals surface area contributed by atoms with Gasteiger partial charge in [0.05, 0.1) is 11.9 Å². The average Bonchev–Trinajstić information content (AvgIpc) is 2.07. The zero-order valence-electron chi connectivity index (χ0n) is 9.47. The lowest BCUT2D eigenvalue weighted by Crippen LogP contribution is -2.13. The lowest BCUT2D eigenvalue weighted by molar-refractivity contribution is -0.144. The van der Waals surface area contributed by atoms with Crippen molar-refractivity contribution in [1.29, 1.82) is 0 Å². The van der Waals surface area contributed by atoms with Gasteiger partial charge in [-0.1, -0.05) is 0 Å². The minimum absolute atomic E-state index is 0.121. The molecule has 0 aromatic carbocycles. The van der Waals surface area contributed by atoms with Gasteiger partial charge in [-0.3, -0.25) is 4.79 Å². The number of rotatable bonds is 7. The maximum absolute atomic E-state index is 11.8. The summed E-state index contributed by atoms with van der Waals surface area (Å²) in [6.07, 6.45) is -4.36. The van der Waals surface area contributed by atoms with Gasteiger partial charge >= 0.3 is 12.1 Å². The monoisotopic (exact) mass is 258 g/mol. The first-order valence-electron chi connectivity index (χ1n) is 5.15. The van der Waals surface area contributed by atoms with Crippen molar-refractivity contribution < 1.29 is 22.7 Å². The summed E-state index contributed by atoms with van der Waals surface area (Å²) in [4.78, 5) is 11.0. The predicted octanol–water partition coefficient (Wildman–Crippen LogP) is 3.40. The summed E-state index contributed by atoms with van der Waals surface area (Å²) < 4.78 is 40.1. The molecule has 96 valence electrons. The van der Waals surface area contributed by atoms with Crippen molar-refractivity contribution in [3.63, 3.8) is 0 Å². The third kappa shape index (κ3) is 11.7. The molecule has 0 aromatic rings. The quantitative estimate of drug-likeness (QED) is 0.517. The van der Waals surface area contributed by atoms with Gasteiger partial charge in [0.25, 0.3) is 0 Å². The Bertz CT molecular complexity index is 205. The van der Waals surface area contributed by atoms with E-state index in [9.17, 15) is 18.0 Å². The van der Waals surface area contributed by atoms with Crippen LogP contribution < -0.4 is 0 Å². The number of carbonyl (C=O) groups excluding carboxylic acids is 1. The van der Waals surface area contributed by atoms with Crippen molar-refractivity contribution in [2.24, 2.45) is 0 Å². The van der Waals surface area contributed by atoms with Crippen LogP contribution in [-0.4, -0.2) is 29.8 Å². The molecule has 0 N–H and O–H groups in total. The molecule has 0 amide bonds. The smallest absolute Gasteiger partial charge is 0.389 e. The summed E-state index contributed by atoms with van der Waals surface area (Å²) in [5.74, 6) is 0.462. The lowest BCUT2D eigenvalue weighted by Gasteiger charge is -2.07. The van der Waals surface area contributed by atoms with Gasteiger partial charge < -0.3 is 4.74 Å². The molecule has 0 rings (SSSR count). The van der Waals surface area contributed by atoms with Crippen LogP contribution in [-0.2, 0) is 9.53 Å². The first-order valence-corrected chi connectivity index (χ1v) is 6.30. The van der Waals surface area contributed by atoms with Gasteiger partial charge in [-0.25, -0.2) is 0 Å². The van der Waals surface area contributed by atoms with E-state index in [1.54, 1.807) is 13.8 Å². The van der Waals surface area contributed by atoms with Crippen molar-refractivity contribution in [1.82, 2.24) is 0 Å². The third-order valence-electron chi connectivity index (χ3n) is 1.59. The van der Waals surface area contributed by atoms with Gasteiger partial charge in [-0.05, 0) is 32.4 Å². The fraction of sp³-hybridized carbons (Fsp3) is 0.900. The van der Waals surface area contributed by atoms with E-state index in [2.05, 4.69) is 0 Å². The standard InChI is InChI=1S/C10H17F3O2S/c1-8(2)15-9(14)7-16-6-4-3-5-10(11,12)13/h8H,3-7H2,1-2H3. The summed E-state index contributed by atoms with van der Waals surface area (Å²) in [7, 11) is 0. The lowest BCUT2D eigenvalue weighted by atomic mass is 10.2. The molecule has 0 atom stereocenters. The molecule has 0 aromatic heterocycles. The van der Waals surface area contributed by atoms with Crippen LogP contribution in [0.15, 0.2) is 0 Å². The van der Waals surface area contributed by atoms with E-state index >= 15 is 0 Å². The molecule has 0 bridgehead atoms. The first-order chi connectivity index (χ1) is 7.31. The molecule has 0 saturated heterocycles. The number of thioether (sulfide) groups is 1. The molecule has 2 nitrogen and oxygen atoms in total. The topological polar surface area (TPSA) is 26.3 Å². The van der Waals surface area contributed by atoms with E-state index in [1.807, 2.05) is 0 Å². The van der Waals surface area contributed by atoms with Crippen molar-refractivity contribution in [2.75, 3.05) is 11.5 Å². The van der Waals surface area contributed by atoms with Crippen LogP contribution in [0.3, 0.4) is 0 Å². The Morgan fingerprint density at radius 3 is 2.44 bits per heavy atom. The number of carbonyl (C=O) groups is 1. The maximum atomic E-state index is 11.8. The molecule has 0 aliphatic heterocycles. The summed E-state index contributed by atoms with van der Waals surface area (Å²) >= 11 is 1.31. The van der Waals surface area contributed by atoms with Crippen molar-refractivity contribution in [3.05, 3.63) is 0 Å². The number of hydrogen-bond acceptors (Lipinski definition) is 3. The molecule has 0 unspecified atom stereocenters. The number of ether oxygens (including phenoxy) is 1. The Hall–Kier alpha value is -0.390. The van der Waals surface area contributed by atoms with E-state index in [0.29, 0.717) is 12.2 Å². The second-order valence-electron chi connectivity index (χ2n) is 3.66. The number of unbranched alkanes of at least 4 members (excludes halogenated alkanes) is 1. The molecule has 0 radical (unpaired) electrons. The van der Waals surface area contributed by atoms with Crippen LogP contribution in [0.5, 0.6) is 0 Å². The molecule has 0 aliphatic carbocycles. The van der Waals surface area contributed by atoms with Crippen molar-refractivity contribution in [3.8, 4) is 0 Å². The molecule has 0 spiro atoms. The number of halogens is 3. The molecule has 0 aliphatic rings. The molecule has 0 fully saturated rings. The largest absolute Gasteiger partial charge is 0.462 e. The van der Waals surface area contributed by atoms with E-state index in [4.69, 9.17) is 4.74 Å². The van der Waals surface area contributed by atoms with Gasteiger partial charge in [0.15, 0.2) is 0 Å². The number of esters is 1. The van der Waals surface area contributed by atoms with Crippen LogP contribution in [0.4, 0.5) is 13.2 Å². The highest BCUT2D eigenvalue weighted by Gasteiger charge is 2.25. The summed E-state index contributed by atoms with van der Waals surface area (Å²) in [6.45, 7) is 3.51. The second-order valence-corrected chi connectivity index (χ2v) is 4.77. The van der Waals surface area contributed by atoms with Gasteiger partial charge in [-0.15, -0.1) is 0 Å². The summed E-state index contributed by atoms with van der Waals surface area (Å²) in [5, 5.41) is 0. The third-order valence-corrected chi connectivity index (χ3v) is 2.60. The van der Waals surface area contributed by atoms with E-state index in [1.165, 1.54) is 11.8 Å². The average molecular weight is 258 g/mol. The Morgan fingerprint density at radius 1 is 1.31 bits per heavy atom. The summed E-state index contributed by atoms with van der Waals surface area (Å²) in [6, 6.07) is 0. The van der Waals surface area contributed by atoms with Gasteiger partial charge in [-0.2, -0.15) is 24.9 Å². The molecule has 16 heavy (non-hydrogen) atoms. The second kappa shape index (κ2) is 7.81. The van der Waals surface area contributed by atoms with Crippen molar-refractivity contribution >= 4 is 17.7 Å². The molecular formula is C10H17F3O2S. The Balaban J connectivity index is 3.31. The highest BCUT2D eigenvalue weighted by atomic mass is 32.2.